The molecule has 0 amide bonds. The molecule has 0 bridgehead atoms. The SMILES string of the molecule is CCCCCCCCCCOC(=O)CCCC(=O)OC(C)CCCC. The molecular formula is C21H40O4. The molecule has 0 fully saturated rings. The molecule has 0 radical (unpaired) electrons. The molecule has 0 heterocycles. The van der Waals surface area contributed by atoms with E-state index in [9.17, 15) is 9.59 Å². The van der Waals surface area contributed by atoms with Crippen molar-refractivity contribution in [3.8, 4) is 0 Å². The molecule has 1 unspecified atom stereocenters. The van der Waals surface area contributed by atoms with E-state index in [4.69, 9.17) is 9.47 Å². The van der Waals surface area contributed by atoms with E-state index in [1.807, 2.05) is 6.92 Å². The third-order valence-electron chi connectivity index (χ3n) is 4.32. The summed E-state index contributed by atoms with van der Waals surface area (Å²) in [6.07, 6.45) is 14.0. The maximum absolute atomic E-state index is 11.7. The highest BCUT2D eigenvalue weighted by atomic mass is 16.5. The van der Waals surface area contributed by atoms with Gasteiger partial charge in [-0.15, -0.1) is 0 Å². The minimum Gasteiger partial charge on any atom is -0.466 e. The highest BCUT2D eigenvalue weighted by Gasteiger charge is 2.10. The lowest BCUT2D eigenvalue weighted by Crippen LogP contribution is -2.15. The van der Waals surface area contributed by atoms with Crippen molar-refractivity contribution in [3.63, 3.8) is 0 Å². The standard InChI is InChI=1S/C21H40O4/c1-4-6-8-9-10-11-12-13-18-24-20(22)16-14-17-21(23)25-19(3)15-7-5-2/h19H,4-18H2,1-3H3. The van der Waals surface area contributed by atoms with Gasteiger partial charge in [-0.25, -0.2) is 0 Å². The van der Waals surface area contributed by atoms with Crippen LogP contribution in [0.15, 0.2) is 0 Å². The smallest absolute Gasteiger partial charge is 0.306 e. The molecule has 0 aromatic carbocycles. The molecule has 0 aromatic rings. The summed E-state index contributed by atoms with van der Waals surface area (Å²) in [5, 5.41) is 0. The summed E-state index contributed by atoms with van der Waals surface area (Å²) in [7, 11) is 0. The Morgan fingerprint density at radius 3 is 1.92 bits per heavy atom. The van der Waals surface area contributed by atoms with Gasteiger partial charge in [-0.3, -0.25) is 9.59 Å². The molecule has 0 saturated heterocycles. The van der Waals surface area contributed by atoms with Crippen LogP contribution in [-0.2, 0) is 19.1 Å². The van der Waals surface area contributed by atoms with Crippen LogP contribution in [0, 0.1) is 0 Å². The average Bonchev–Trinajstić information content (AvgIpc) is 2.58. The molecule has 0 aromatic heterocycles. The quantitative estimate of drug-likeness (QED) is 0.238. The Bertz CT molecular complexity index is 328. The highest BCUT2D eigenvalue weighted by Crippen LogP contribution is 2.09. The zero-order chi connectivity index (χ0) is 18.8. The van der Waals surface area contributed by atoms with Crippen LogP contribution in [0.3, 0.4) is 0 Å². The molecule has 4 nitrogen and oxygen atoms in total. The van der Waals surface area contributed by atoms with Crippen molar-refractivity contribution in [1.82, 2.24) is 0 Å². The molecule has 148 valence electrons. The number of unbranched alkanes of at least 4 members (excludes halogenated alkanes) is 8. The van der Waals surface area contributed by atoms with Gasteiger partial charge < -0.3 is 9.47 Å². The predicted octanol–water partition coefficient (Wildman–Crippen LogP) is 5.96. The lowest BCUT2D eigenvalue weighted by atomic mass is 10.1. The molecule has 0 saturated carbocycles. The van der Waals surface area contributed by atoms with Crippen LogP contribution in [0.2, 0.25) is 0 Å². The Morgan fingerprint density at radius 1 is 0.720 bits per heavy atom. The van der Waals surface area contributed by atoms with Crippen molar-refractivity contribution in [3.05, 3.63) is 0 Å². The van der Waals surface area contributed by atoms with Gasteiger partial charge in [0, 0.05) is 12.8 Å². The van der Waals surface area contributed by atoms with Crippen molar-refractivity contribution in [2.75, 3.05) is 6.61 Å². The Hall–Kier alpha value is -1.06. The fourth-order valence-corrected chi connectivity index (χ4v) is 2.71. The molecule has 0 aliphatic carbocycles. The third kappa shape index (κ3) is 17.6. The maximum Gasteiger partial charge on any atom is 0.306 e. The monoisotopic (exact) mass is 356 g/mol. The zero-order valence-corrected chi connectivity index (χ0v) is 16.8. The second kappa shape index (κ2) is 17.8. The largest absolute Gasteiger partial charge is 0.466 e. The van der Waals surface area contributed by atoms with Gasteiger partial charge in [0.2, 0.25) is 0 Å². The minimum atomic E-state index is -0.209. The molecule has 25 heavy (non-hydrogen) atoms. The van der Waals surface area contributed by atoms with Gasteiger partial charge in [0.05, 0.1) is 12.7 Å². The topological polar surface area (TPSA) is 52.6 Å². The summed E-state index contributed by atoms with van der Waals surface area (Å²) in [4.78, 5) is 23.3. The minimum absolute atomic E-state index is 0.0265. The molecule has 0 aliphatic rings. The third-order valence-corrected chi connectivity index (χ3v) is 4.32. The van der Waals surface area contributed by atoms with E-state index >= 15 is 0 Å². The first-order valence-corrected chi connectivity index (χ1v) is 10.4. The van der Waals surface area contributed by atoms with Crippen LogP contribution in [0.4, 0.5) is 0 Å². The Morgan fingerprint density at radius 2 is 1.28 bits per heavy atom. The Labute approximate surface area is 155 Å². The second-order valence-electron chi connectivity index (χ2n) is 6.99. The van der Waals surface area contributed by atoms with Crippen LogP contribution in [0.5, 0.6) is 0 Å². The van der Waals surface area contributed by atoms with Crippen LogP contribution < -0.4 is 0 Å². The average molecular weight is 357 g/mol. The fourth-order valence-electron chi connectivity index (χ4n) is 2.71. The summed E-state index contributed by atoms with van der Waals surface area (Å²) >= 11 is 0. The van der Waals surface area contributed by atoms with Gasteiger partial charge in [0.1, 0.15) is 0 Å². The molecular weight excluding hydrogens is 316 g/mol. The zero-order valence-electron chi connectivity index (χ0n) is 16.8. The number of rotatable bonds is 17. The van der Waals surface area contributed by atoms with Crippen molar-refractivity contribution in [1.29, 1.82) is 0 Å². The number of ether oxygens (including phenoxy) is 2. The number of carbonyl (C=O) groups excluding carboxylic acids is 2. The van der Waals surface area contributed by atoms with Crippen molar-refractivity contribution in [2.24, 2.45) is 0 Å². The normalized spacial score (nSPS) is 12.0. The van der Waals surface area contributed by atoms with Gasteiger partial charge >= 0.3 is 11.9 Å². The Balaban J connectivity index is 3.42. The van der Waals surface area contributed by atoms with Crippen LogP contribution >= 0.6 is 0 Å². The van der Waals surface area contributed by atoms with Gasteiger partial charge in [-0.1, -0.05) is 71.6 Å². The molecule has 0 rings (SSSR count). The first kappa shape index (κ1) is 23.9. The van der Waals surface area contributed by atoms with Gasteiger partial charge in [0.25, 0.3) is 0 Å². The molecule has 0 spiro atoms. The molecule has 0 N–H and O–H groups in total. The number of hydrogen-bond donors (Lipinski definition) is 0. The van der Waals surface area contributed by atoms with Crippen LogP contribution in [0.1, 0.15) is 111 Å². The maximum atomic E-state index is 11.7. The molecule has 4 heteroatoms. The van der Waals surface area contributed by atoms with E-state index in [-0.39, 0.29) is 18.0 Å². The summed E-state index contributed by atoms with van der Waals surface area (Å²) < 4.78 is 10.5. The second-order valence-corrected chi connectivity index (χ2v) is 6.99. The first-order valence-electron chi connectivity index (χ1n) is 10.4. The van der Waals surface area contributed by atoms with E-state index in [0.717, 1.165) is 32.1 Å². The van der Waals surface area contributed by atoms with Crippen molar-refractivity contribution >= 4 is 11.9 Å². The summed E-state index contributed by atoms with van der Waals surface area (Å²) in [5.41, 5.74) is 0. The van der Waals surface area contributed by atoms with E-state index in [1.54, 1.807) is 0 Å². The van der Waals surface area contributed by atoms with Gasteiger partial charge in [-0.05, 0) is 26.2 Å². The molecule has 0 aliphatic heterocycles. The van der Waals surface area contributed by atoms with E-state index < -0.39 is 0 Å². The summed E-state index contributed by atoms with van der Waals surface area (Å²) in [6.45, 7) is 6.77. The van der Waals surface area contributed by atoms with Gasteiger partial charge in [-0.2, -0.15) is 0 Å². The van der Waals surface area contributed by atoms with E-state index in [1.165, 1.54) is 38.5 Å². The van der Waals surface area contributed by atoms with Crippen molar-refractivity contribution in [2.45, 2.75) is 117 Å². The van der Waals surface area contributed by atoms with Crippen molar-refractivity contribution < 1.29 is 19.1 Å². The number of hydrogen-bond acceptors (Lipinski definition) is 4. The van der Waals surface area contributed by atoms with Crippen LogP contribution in [-0.4, -0.2) is 24.6 Å². The predicted molar refractivity (Wildman–Crippen MR) is 102 cm³/mol. The van der Waals surface area contributed by atoms with E-state index in [2.05, 4.69) is 13.8 Å². The lowest BCUT2D eigenvalue weighted by molar-refractivity contribution is -0.149. The fraction of sp³-hybridized carbons (Fsp3) is 0.905. The molecule has 1 atom stereocenters. The first-order chi connectivity index (χ1) is 12.1. The van der Waals surface area contributed by atoms with E-state index in [0.29, 0.717) is 25.9 Å². The highest BCUT2D eigenvalue weighted by molar-refractivity contribution is 5.72. The van der Waals surface area contributed by atoms with Gasteiger partial charge in [0.15, 0.2) is 0 Å². The number of carbonyl (C=O) groups is 2. The lowest BCUT2D eigenvalue weighted by Gasteiger charge is -2.12. The summed E-state index contributed by atoms with van der Waals surface area (Å²) in [5.74, 6) is -0.408. The Kier molecular flexibility index (Phi) is 17.0. The van der Waals surface area contributed by atoms with Crippen LogP contribution in [0.25, 0.3) is 0 Å². The number of esters is 2. The summed E-state index contributed by atoms with van der Waals surface area (Å²) in [6, 6.07) is 0.